The Morgan fingerprint density at radius 2 is 1.86 bits per heavy atom. The second-order valence-electron chi connectivity index (χ2n) is 6.58. The lowest BCUT2D eigenvalue weighted by Crippen LogP contribution is -2.31. The van der Waals surface area contributed by atoms with Gasteiger partial charge in [-0.3, -0.25) is 10.1 Å². The zero-order valence-electron chi connectivity index (χ0n) is 12.2. The molecule has 0 aromatic heterocycles. The van der Waals surface area contributed by atoms with E-state index in [4.69, 9.17) is 0 Å². The van der Waals surface area contributed by atoms with Gasteiger partial charge in [0.25, 0.3) is 5.69 Å². The van der Waals surface area contributed by atoms with E-state index in [0.717, 1.165) is 12.8 Å². The molecule has 0 radical (unpaired) electrons. The highest BCUT2D eigenvalue weighted by Gasteiger charge is 2.37. The monoisotopic (exact) mass is 290 g/mol. The van der Waals surface area contributed by atoms with Gasteiger partial charge in [-0.25, -0.2) is 0 Å². The Morgan fingerprint density at radius 3 is 2.48 bits per heavy atom. The first-order chi connectivity index (χ1) is 10.1. The molecule has 1 aromatic carbocycles. The molecule has 2 N–H and O–H groups in total. The lowest BCUT2D eigenvalue weighted by molar-refractivity contribution is -0.384. The summed E-state index contributed by atoms with van der Waals surface area (Å²) in [4.78, 5) is 10.6. The smallest absolute Gasteiger partial charge is 0.296 e. The van der Waals surface area contributed by atoms with Crippen LogP contribution in [0.3, 0.4) is 0 Å². The number of hydrogen-bond acceptors (Lipinski definition) is 4. The first-order valence-corrected chi connectivity index (χ1v) is 7.82. The lowest BCUT2D eigenvalue weighted by Gasteiger charge is -2.37. The highest BCUT2D eigenvalue weighted by Crippen LogP contribution is 2.49. The Morgan fingerprint density at radius 1 is 1.19 bits per heavy atom. The molecule has 0 atom stereocenters. The van der Waals surface area contributed by atoms with Crippen LogP contribution in [0.4, 0.5) is 11.4 Å². The molecule has 0 bridgehead atoms. The number of nitro benzene ring substituents is 1. The normalized spacial score (nSPS) is 21.5. The number of anilines is 1. The van der Waals surface area contributed by atoms with E-state index < -0.39 is 4.92 Å². The third-order valence-electron chi connectivity index (χ3n) is 5.25. The molecule has 1 spiro atoms. The summed E-state index contributed by atoms with van der Waals surface area (Å²) in [6.07, 6.45) is 10.1. The molecule has 21 heavy (non-hydrogen) atoms. The number of nitrogens with one attached hydrogen (secondary N) is 1. The fourth-order valence-electron chi connectivity index (χ4n) is 4.01. The molecule has 5 nitrogen and oxygen atoms in total. The van der Waals surface area contributed by atoms with E-state index in [2.05, 4.69) is 5.32 Å². The summed E-state index contributed by atoms with van der Waals surface area (Å²) in [5.74, 6) is -0.0687. The molecule has 0 saturated heterocycles. The Hall–Kier alpha value is -1.78. The summed E-state index contributed by atoms with van der Waals surface area (Å²) in [5.41, 5.74) is 1.04. The number of aromatic hydroxyl groups is 1. The van der Waals surface area contributed by atoms with Crippen LogP contribution < -0.4 is 5.32 Å². The van der Waals surface area contributed by atoms with Gasteiger partial charge in [0.15, 0.2) is 0 Å². The number of phenolic OH excluding ortho intramolecular Hbond substituents is 1. The van der Waals surface area contributed by atoms with E-state index in [9.17, 15) is 15.2 Å². The first-order valence-electron chi connectivity index (χ1n) is 7.82. The highest BCUT2D eigenvalue weighted by atomic mass is 16.6. The van der Waals surface area contributed by atoms with Crippen molar-refractivity contribution in [2.75, 3.05) is 5.32 Å². The number of benzene rings is 1. The Labute approximate surface area is 124 Å². The van der Waals surface area contributed by atoms with Crippen LogP contribution in [0, 0.1) is 15.5 Å². The number of nitro groups is 1. The number of rotatable bonds is 3. The summed E-state index contributed by atoms with van der Waals surface area (Å²) in [5, 5.41) is 23.8. The van der Waals surface area contributed by atoms with Crippen molar-refractivity contribution in [1.29, 1.82) is 0 Å². The van der Waals surface area contributed by atoms with Crippen LogP contribution in [-0.4, -0.2) is 16.1 Å². The van der Waals surface area contributed by atoms with Crippen LogP contribution in [-0.2, 0) is 0 Å². The van der Waals surface area contributed by atoms with Crippen LogP contribution in [0.15, 0.2) is 18.2 Å². The van der Waals surface area contributed by atoms with Gasteiger partial charge in [0.2, 0.25) is 0 Å². The summed E-state index contributed by atoms with van der Waals surface area (Å²) >= 11 is 0. The maximum Gasteiger partial charge on any atom is 0.296 e. The van der Waals surface area contributed by atoms with Gasteiger partial charge in [-0.1, -0.05) is 12.8 Å². The largest absolute Gasteiger partial charge is 0.508 e. The van der Waals surface area contributed by atoms with Crippen LogP contribution >= 0.6 is 0 Å². The van der Waals surface area contributed by atoms with Gasteiger partial charge in [0.1, 0.15) is 11.4 Å². The van der Waals surface area contributed by atoms with Gasteiger partial charge >= 0.3 is 0 Å². The van der Waals surface area contributed by atoms with E-state index in [1.165, 1.54) is 50.7 Å². The highest BCUT2D eigenvalue weighted by molar-refractivity contribution is 5.64. The van der Waals surface area contributed by atoms with Crippen molar-refractivity contribution < 1.29 is 10.0 Å². The van der Waals surface area contributed by atoms with Gasteiger partial charge in [-0.05, 0) is 56.1 Å². The fourth-order valence-corrected chi connectivity index (χ4v) is 4.01. The first kappa shape index (κ1) is 14.2. The van der Waals surface area contributed by atoms with E-state index in [1.807, 2.05) is 0 Å². The maximum atomic E-state index is 11.1. The molecular formula is C16H22N2O3. The quantitative estimate of drug-likeness (QED) is 0.496. The average Bonchev–Trinajstić information content (AvgIpc) is 2.92. The predicted molar refractivity (Wildman–Crippen MR) is 81.5 cm³/mol. The minimum atomic E-state index is -0.441. The third kappa shape index (κ3) is 2.96. The van der Waals surface area contributed by atoms with Crippen molar-refractivity contribution in [1.82, 2.24) is 0 Å². The molecule has 5 heteroatoms. The van der Waals surface area contributed by atoms with Crippen molar-refractivity contribution in [2.24, 2.45) is 5.41 Å². The molecular weight excluding hydrogens is 268 g/mol. The van der Waals surface area contributed by atoms with Gasteiger partial charge in [-0.15, -0.1) is 0 Å². The average molecular weight is 290 g/mol. The molecule has 0 amide bonds. The van der Waals surface area contributed by atoms with Gasteiger partial charge in [0, 0.05) is 6.04 Å². The molecule has 2 fully saturated rings. The van der Waals surface area contributed by atoms with Gasteiger partial charge in [-0.2, -0.15) is 0 Å². The Bertz CT molecular complexity index is 528. The Kier molecular flexibility index (Phi) is 3.74. The molecule has 2 aliphatic carbocycles. The van der Waals surface area contributed by atoms with Crippen molar-refractivity contribution in [2.45, 2.75) is 57.4 Å². The van der Waals surface area contributed by atoms with Crippen LogP contribution in [0.2, 0.25) is 0 Å². The van der Waals surface area contributed by atoms with E-state index in [-0.39, 0.29) is 11.4 Å². The van der Waals surface area contributed by atoms with E-state index in [1.54, 1.807) is 6.07 Å². The van der Waals surface area contributed by atoms with Crippen molar-refractivity contribution in [3.05, 3.63) is 28.3 Å². The van der Waals surface area contributed by atoms with Crippen LogP contribution in [0.25, 0.3) is 0 Å². The zero-order chi connectivity index (χ0) is 14.9. The van der Waals surface area contributed by atoms with Crippen molar-refractivity contribution in [3.8, 4) is 5.75 Å². The Balaban J connectivity index is 1.66. The minimum absolute atomic E-state index is 0.0452. The fraction of sp³-hybridized carbons (Fsp3) is 0.625. The lowest BCUT2D eigenvalue weighted by atomic mass is 9.71. The number of hydrogen-bond donors (Lipinski definition) is 2. The molecule has 3 rings (SSSR count). The van der Waals surface area contributed by atoms with E-state index >= 15 is 0 Å². The molecule has 114 valence electrons. The number of phenols is 1. The maximum absolute atomic E-state index is 11.1. The minimum Gasteiger partial charge on any atom is -0.508 e. The summed E-state index contributed by atoms with van der Waals surface area (Å²) in [6.45, 7) is 0. The second-order valence-corrected chi connectivity index (χ2v) is 6.58. The molecule has 0 unspecified atom stereocenters. The third-order valence-corrected chi connectivity index (χ3v) is 5.25. The second kappa shape index (κ2) is 5.54. The van der Waals surface area contributed by atoms with Crippen molar-refractivity contribution in [3.63, 3.8) is 0 Å². The van der Waals surface area contributed by atoms with Gasteiger partial charge in [0.05, 0.1) is 11.0 Å². The summed E-state index contributed by atoms with van der Waals surface area (Å²) < 4.78 is 0. The van der Waals surface area contributed by atoms with E-state index in [0.29, 0.717) is 17.1 Å². The zero-order valence-corrected chi connectivity index (χ0v) is 12.2. The molecule has 2 aliphatic rings. The molecule has 0 heterocycles. The molecule has 2 saturated carbocycles. The van der Waals surface area contributed by atoms with Crippen molar-refractivity contribution >= 4 is 11.4 Å². The number of nitrogens with zero attached hydrogens (tertiary/aromatic N) is 1. The topological polar surface area (TPSA) is 75.4 Å². The standard InChI is InChI=1S/C16H22N2O3/c19-13-3-4-14(15(11-13)18(20)21)17-12-5-9-16(10-6-12)7-1-2-8-16/h3-4,11-12,17,19H,1-2,5-10H2. The van der Waals surface area contributed by atoms with Crippen LogP contribution in [0.5, 0.6) is 5.75 Å². The van der Waals surface area contributed by atoms with Gasteiger partial charge < -0.3 is 10.4 Å². The SMILES string of the molecule is O=[N+]([O-])c1cc(O)ccc1NC1CCC2(CCCC2)CC1. The summed E-state index contributed by atoms with van der Waals surface area (Å²) in [7, 11) is 0. The summed E-state index contributed by atoms with van der Waals surface area (Å²) in [6, 6.07) is 4.62. The predicted octanol–water partition coefficient (Wildman–Crippen LogP) is 4.22. The molecule has 0 aliphatic heterocycles. The van der Waals surface area contributed by atoms with Crippen LogP contribution in [0.1, 0.15) is 51.4 Å². The molecule has 1 aromatic rings.